The molecule has 0 bridgehead atoms. The first kappa shape index (κ1) is 11.3. The Balaban J connectivity index is 2.92. The first-order chi connectivity index (χ1) is 5.77. The number of hydrogen-bond donors (Lipinski definition) is 2. The molecule has 0 aromatic heterocycles. The van der Waals surface area contributed by atoms with Gasteiger partial charge in [-0.3, -0.25) is 4.79 Å². The minimum absolute atomic E-state index is 0.265. The van der Waals surface area contributed by atoms with Gasteiger partial charge in [0.2, 0.25) is 5.91 Å². The van der Waals surface area contributed by atoms with Crippen LogP contribution in [0.3, 0.4) is 0 Å². The Morgan fingerprint density at radius 3 is 2.92 bits per heavy atom. The molecule has 1 amide bonds. The predicted octanol–water partition coefficient (Wildman–Crippen LogP) is -0.182. The smallest absolute Gasteiger partial charge is 0.218 e. The van der Waals surface area contributed by atoms with E-state index in [0.29, 0.717) is 13.0 Å². The van der Waals surface area contributed by atoms with Crippen molar-refractivity contribution in [1.82, 2.24) is 5.32 Å². The summed E-state index contributed by atoms with van der Waals surface area (Å²) in [6, 6.07) is 0. The fourth-order valence-electron chi connectivity index (χ4n) is 0.612. The molecular weight excluding hydrogens is 172 g/mol. The maximum absolute atomic E-state index is 10.3. The zero-order valence-electron chi connectivity index (χ0n) is 7.01. The Kier molecular flexibility index (Phi) is 7.97. The molecule has 0 rings (SSSR count). The maximum Gasteiger partial charge on any atom is 0.218 e. The van der Waals surface area contributed by atoms with Gasteiger partial charge < -0.3 is 11.1 Å². The molecule has 68 valence electrons. The van der Waals surface area contributed by atoms with Crippen LogP contribution in [0.15, 0.2) is 0 Å². The average Bonchev–Trinajstić information content (AvgIpc) is 2.02. The van der Waals surface area contributed by atoms with Gasteiger partial charge in [-0.05, 0) is 0 Å². The van der Waals surface area contributed by atoms with Gasteiger partial charge in [0.15, 0.2) is 0 Å². The van der Waals surface area contributed by atoms with Crippen molar-refractivity contribution < 1.29 is 4.79 Å². The molecule has 12 heavy (non-hydrogen) atoms. The molecule has 0 radical (unpaired) electrons. The van der Waals surface area contributed by atoms with Crippen LogP contribution in [0.1, 0.15) is 6.42 Å². The second kappa shape index (κ2) is 8.44. The molecule has 0 unspecified atom stereocenters. The fourth-order valence-corrected chi connectivity index (χ4v) is 1.16. The van der Waals surface area contributed by atoms with E-state index < -0.39 is 0 Å². The minimum Gasteiger partial charge on any atom is -0.370 e. The number of hydrogen-bond acceptors (Lipinski definition) is 3. The van der Waals surface area contributed by atoms with E-state index in [1.807, 2.05) is 0 Å². The summed E-state index contributed by atoms with van der Waals surface area (Å²) in [5, 5.41) is 3.09. The summed E-state index contributed by atoms with van der Waals surface area (Å²) >= 11 is 1.70. The lowest BCUT2D eigenvalue weighted by atomic mass is 10.4. The van der Waals surface area contributed by atoms with Crippen molar-refractivity contribution in [2.75, 3.05) is 24.6 Å². The van der Waals surface area contributed by atoms with Crippen LogP contribution in [0.25, 0.3) is 0 Å². The summed E-state index contributed by atoms with van der Waals surface area (Å²) < 4.78 is 0. The van der Waals surface area contributed by atoms with E-state index in [9.17, 15) is 4.79 Å². The van der Waals surface area contributed by atoms with Gasteiger partial charge in [0.1, 0.15) is 0 Å². The van der Waals surface area contributed by atoms with Gasteiger partial charge in [-0.25, -0.2) is 0 Å². The van der Waals surface area contributed by atoms with E-state index in [1.165, 1.54) is 0 Å². The van der Waals surface area contributed by atoms with E-state index >= 15 is 0 Å². The highest BCUT2D eigenvalue weighted by atomic mass is 32.2. The molecule has 0 atom stereocenters. The Hall–Kier alpha value is -0.660. The van der Waals surface area contributed by atoms with Crippen molar-refractivity contribution in [1.29, 1.82) is 0 Å². The van der Waals surface area contributed by atoms with Crippen molar-refractivity contribution in [3.63, 3.8) is 0 Å². The number of carbonyl (C=O) groups excluding carboxylic acids is 1. The highest BCUT2D eigenvalue weighted by Gasteiger charge is 1.92. The third kappa shape index (κ3) is 9.34. The number of primary amides is 1. The Morgan fingerprint density at radius 1 is 1.58 bits per heavy atom. The van der Waals surface area contributed by atoms with Crippen LogP contribution in [0.2, 0.25) is 0 Å². The molecule has 0 saturated carbocycles. The molecule has 0 spiro atoms. The first-order valence-electron chi connectivity index (χ1n) is 3.77. The lowest BCUT2D eigenvalue weighted by molar-refractivity contribution is -0.117. The number of thioether (sulfide) groups is 1. The summed E-state index contributed by atoms with van der Waals surface area (Å²) in [4.78, 5) is 10.3. The largest absolute Gasteiger partial charge is 0.370 e. The molecule has 0 aliphatic heterocycles. The highest BCUT2D eigenvalue weighted by Crippen LogP contribution is 1.94. The zero-order valence-corrected chi connectivity index (χ0v) is 7.82. The van der Waals surface area contributed by atoms with Gasteiger partial charge >= 0.3 is 0 Å². The van der Waals surface area contributed by atoms with Crippen molar-refractivity contribution in [2.45, 2.75) is 6.42 Å². The first-order valence-corrected chi connectivity index (χ1v) is 4.93. The number of carbonyl (C=O) groups is 1. The lowest BCUT2D eigenvalue weighted by Crippen LogP contribution is -2.23. The van der Waals surface area contributed by atoms with E-state index in [4.69, 9.17) is 12.2 Å². The monoisotopic (exact) mass is 186 g/mol. The molecule has 0 aliphatic carbocycles. The third-order valence-electron chi connectivity index (χ3n) is 1.16. The lowest BCUT2D eigenvalue weighted by Gasteiger charge is -2.00. The summed E-state index contributed by atoms with van der Waals surface area (Å²) in [5.74, 6) is 4.00. The quantitative estimate of drug-likeness (QED) is 0.428. The van der Waals surface area contributed by atoms with E-state index in [2.05, 4.69) is 11.2 Å². The maximum atomic E-state index is 10.3. The van der Waals surface area contributed by atoms with Crippen LogP contribution >= 0.6 is 11.8 Å². The summed E-state index contributed by atoms with van der Waals surface area (Å²) in [6.45, 7) is 1.53. The number of amides is 1. The van der Waals surface area contributed by atoms with Crippen molar-refractivity contribution in [3.05, 3.63) is 0 Å². The van der Waals surface area contributed by atoms with Crippen LogP contribution in [0.4, 0.5) is 0 Å². The number of terminal acetylenes is 1. The van der Waals surface area contributed by atoms with Crippen LogP contribution in [0.5, 0.6) is 0 Å². The summed E-state index contributed by atoms with van der Waals surface area (Å²) in [7, 11) is 0. The third-order valence-corrected chi connectivity index (χ3v) is 2.02. The molecule has 4 heteroatoms. The van der Waals surface area contributed by atoms with Crippen LogP contribution in [-0.4, -0.2) is 30.5 Å². The Morgan fingerprint density at radius 2 is 2.33 bits per heavy atom. The second-order valence-corrected chi connectivity index (χ2v) is 3.33. The normalized spacial score (nSPS) is 9.25. The minimum atomic E-state index is -0.265. The molecule has 0 saturated heterocycles. The average molecular weight is 186 g/mol. The molecule has 3 N–H and O–H groups in total. The topological polar surface area (TPSA) is 55.1 Å². The highest BCUT2D eigenvalue weighted by molar-refractivity contribution is 7.99. The van der Waals surface area contributed by atoms with Crippen molar-refractivity contribution in [2.24, 2.45) is 5.73 Å². The van der Waals surface area contributed by atoms with Crippen molar-refractivity contribution >= 4 is 17.7 Å². The van der Waals surface area contributed by atoms with E-state index in [1.54, 1.807) is 11.8 Å². The van der Waals surface area contributed by atoms with Gasteiger partial charge in [-0.1, -0.05) is 5.92 Å². The van der Waals surface area contributed by atoms with E-state index in [-0.39, 0.29) is 5.91 Å². The number of nitrogens with two attached hydrogens (primary N) is 1. The fraction of sp³-hybridized carbons (Fsp3) is 0.625. The van der Waals surface area contributed by atoms with Gasteiger partial charge in [-0.2, -0.15) is 0 Å². The molecule has 0 aromatic rings. The molecule has 0 aliphatic rings. The van der Waals surface area contributed by atoms with Crippen molar-refractivity contribution in [3.8, 4) is 12.3 Å². The molecule has 0 aromatic carbocycles. The Labute approximate surface area is 77.5 Å². The molecule has 0 fully saturated rings. The van der Waals surface area contributed by atoms with Gasteiger partial charge in [0, 0.05) is 25.3 Å². The summed E-state index contributed by atoms with van der Waals surface area (Å²) in [6.07, 6.45) is 5.46. The van der Waals surface area contributed by atoms with Crippen LogP contribution in [0, 0.1) is 12.3 Å². The van der Waals surface area contributed by atoms with E-state index in [0.717, 1.165) is 18.1 Å². The number of rotatable bonds is 7. The second-order valence-electron chi connectivity index (χ2n) is 2.22. The van der Waals surface area contributed by atoms with Gasteiger partial charge in [-0.15, -0.1) is 18.2 Å². The standard InChI is InChI=1S/C8H14N2OS/c1-2-6-12-7-5-10-4-3-8(9)11/h1,10H,3-7H2,(H2,9,11). The van der Waals surface area contributed by atoms with Crippen LogP contribution in [-0.2, 0) is 4.79 Å². The van der Waals surface area contributed by atoms with Crippen LogP contribution < -0.4 is 11.1 Å². The van der Waals surface area contributed by atoms with Gasteiger partial charge in [0.05, 0.1) is 5.75 Å². The molecule has 3 nitrogen and oxygen atoms in total. The Bertz CT molecular complexity index is 165. The summed E-state index contributed by atoms with van der Waals surface area (Å²) in [5.41, 5.74) is 4.94. The van der Waals surface area contributed by atoms with Gasteiger partial charge in [0.25, 0.3) is 0 Å². The SMILES string of the molecule is C#CCSCCNCCC(N)=O. The zero-order chi connectivity index (χ0) is 9.23. The molecular formula is C8H14N2OS. The number of nitrogens with one attached hydrogen (secondary N) is 1. The molecule has 0 heterocycles. The predicted molar refractivity (Wildman–Crippen MR) is 52.8 cm³/mol.